The molecule has 0 aliphatic rings. The van der Waals surface area contributed by atoms with Crippen LogP contribution in [0, 0.1) is 0 Å². The van der Waals surface area contributed by atoms with Crippen LogP contribution in [0.15, 0.2) is 47.2 Å². The van der Waals surface area contributed by atoms with Gasteiger partial charge in [-0.05, 0) is 47.4 Å². The smallest absolute Gasteiger partial charge is 0.00149 e. The molecule has 1 aromatic heterocycles. The van der Waals surface area contributed by atoms with E-state index in [1.54, 1.807) is 11.3 Å². The Kier molecular flexibility index (Phi) is 6.72. The largest absolute Gasteiger partial charge is 0.152 e. The van der Waals surface area contributed by atoms with E-state index < -0.39 is 0 Å². The average molecular weight is 220 g/mol. The molecule has 0 spiro atoms. The van der Waals surface area contributed by atoms with Crippen LogP contribution in [0.5, 0.6) is 0 Å². The maximum atomic E-state index is 4.01. The summed E-state index contributed by atoms with van der Waals surface area (Å²) in [7, 11) is 0. The molecule has 1 heteroatoms. The first-order valence-corrected chi connectivity index (χ1v) is 6.11. The highest BCUT2D eigenvalue weighted by molar-refractivity contribution is 7.08. The summed E-state index contributed by atoms with van der Waals surface area (Å²) in [5.41, 5.74) is 4.54. The van der Waals surface area contributed by atoms with Crippen molar-refractivity contribution < 1.29 is 0 Å². The molecule has 0 amide bonds. The molecule has 0 saturated carbocycles. The van der Waals surface area contributed by atoms with Crippen molar-refractivity contribution in [2.75, 3.05) is 0 Å². The molecule has 0 unspecified atom stereocenters. The normalized spacial score (nSPS) is 10.3. The summed E-state index contributed by atoms with van der Waals surface area (Å²) in [5, 5.41) is 4.16. The van der Waals surface area contributed by atoms with Gasteiger partial charge in [-0.3, -0.25) is 0 Å². The van der Waals surface area contributed by atoms with Gasteiger partial charge < -0.3 is 0 Å². The molecule has 0 bridgehead atoms. The summed E-state index contributed by atoms with van der Waals surface area (Å²) in [4.78, 5) is 0. The molecule has 0 saturated heterocycles. The highest BCUT2D eigenvalue weighted by Crippen LogP contribution is 2.19. The lowest BCUT2D eigenvalue weighted by molar-refractivity contribution is 1.37. The molecule has 82 valence electrons. The second-order valence-electron chi connectivity index (χ2n) is 3.14. The van der Waals surface area contributed by atoms with Gasteiger partial charge in [0.25, 0.3) is 0 Å². The lowest BCUT2D eigenvalue weighted by Gasteiger charge is -2.00. The molecule has 0 atom stereocenters. The van der Waals surface area contributed by atoms with Crippen LogP contribution in [0.25, 0.3) is 5.57 Å². The summed E-state index contributed by atoms with van der Waals surface area (Å²) >= 11 is 1.69. The van der Waals surface area contributed by atoms with Gasteiger partial charge in [-0.2, -0.15) is 11.3 Å². The molecule has 1 rings (SSSR count). The highest BCUT2D eigenvalue weighted by Gasteiger charge is 1.96. The fourth-order valence-electron chi connectivity index (χ4n) is 0.915. The van der Waals surface area contributed by atoms with E-state index in [9.17, 15) is 0 Å². The van der Waals surface area contributed by atoms with Crippen molar-refractivity contribution in [2.45, 2.75) is 27.7 Å². The average Bonchev–Trinajstić information content (AvgIpc) is 2.73. The summed E-state index contributed by atoms with van der Waals surface area (Å²) in [6.07, 6.45) is 2.07. The number of rotatable bonds is 3. The topological polar surface area (TPSA) is 0 Å². The van der Waals surface area contributed by atoms with Crippen molar-refractivity contribution >= 4 is 16.9 Å². The third-order valence-electron chi connectivity index (χ3n) is 1.96. The van der Waals surface area contributed by atoms with Crippen molar-refractivity contribution in [3.05, 3.63) is 52.8 Å². The zero-order valence-corrected chi connectivity index (χ0v) is 10.9. The van der Waals surface area contributed by atoms with E-state index in [2.05, 4.69) is 43.0 Å². The first-order valence-electron chi connectivity index (χ1n) is 5.17. The Hall–Kier alpha value is -1.08. The van der Waals surface area contributed by atoms with E-state index in [4.69, 9.17) is 0 Å². The van der Waals surface area contributed by atoms with Crippen LogP contribution in [0.4, 0.5) is 0 Å². The Balaban J connectivity index is 0.000000921. The second-order valence-corrected chi connectivity index (χ2v) is 3.92. The minimum Gasteiger partial charge on any atom is -0.152 e. The fraction of sp³-hybridized carbons (Fsp3) is 0.286. The third-order valence-corrected chi connectivity index (χ3v) is 2.64. The molecule has 0 N–H and O–H groups in total. The van der Waals surface area contributed by atoms with Gasteiger partial charge in [0.05, 0.1) is 0 Å². The summed E-state index contributed by atoms with van der Waals surface area (Å²) in [5.74, 6) is 0. The predicted octanol–water partition coefficient (Wildman–Crippen LogP) is 5.31. The Morgan fingerprint density at radius 1 is 1.27 bits per heavy atom. The second kappa shape index (κ2) is 7.24. The van der Waals surface area contributed by atoms with Gasteiger partial charge >= 0.3 is 0 Å². The molecule has 0 fully saturated rings. The van der Waals surface area contributed by atoms with Crippen LogP contribution in [0.2, 0.25) is 0 Å². The van der Waals surface area contributed by atoms with Gasteiger partial charge in [-0.1, -0.05) is 38.7 Å². The van der Waals surface area contributed by atoms with Gasteiger partial charge in [0.2, 0.25) is 0 Å². The van der Waals surface area contributed by atoms with Crippen LogP contribution in [0.3, 0.4) is 0 Å². The molecule has 1 aromatic rings. The van der Waals surface area contributed by atoms with E-state index >= 15 is 0 Å². The zero-order valence-electron chi connectivity index (χ0n) is 10.1. The summed E-state index contributed by atoms with van der Waals surface area (Å²) in [6.45, 7) is 16.0. The van der Waals surface area contributed by atoms with Crippen molar-refractivity contribution in [1.82, 2.24) is 0 Å². The van der Waals surface area contributed by atoms with Gasteiger partial charge in [0.15, 0.2) is 0 Å². The molecule has 0 aliphatic heterocycles. The molecule has 0 radical (unpaired) electrons. The maximum absolute atomic E-state index is 4.01. The minimum absolute atomic E-state index is 1.06. The first kappa shape index (κ1) is 13.9. The van der Waals surface area contributed by atoms with Crippen LogP contribution in [-0.4, -0.2) is 0 Å². The van der Waals surface area contributed by atoms with E-state index in [1.165, 1.54) is 11.1 Å². The third kappa shape index (κ3) is 4.80. The van der Waals surface area contributed by atoms with Crippen molar-refractivity contribution in [3.63, 3.8) is 0 Å². The van der Waals surface area contributed by atoms with Crippen molar-refractivity contribution in [1.29, 1.82) is 0 Å². The molecule has 0 nitrogen and oxygen atoms in total. The number of hydrogen-bond donors (Lipinski definition) is 0. The molecular formula is C14H20S. The van der Waals surface area contributed by atoms with E-state index in [1.807, 2.05) is 20.8 Å². The Morgan fingerprint density at radius 2 is 1.87 bits per heavy atom. The Labute approximate surface area is 97.7 Å². The van der Waals surface area contributed by atoms with E-state index in [0.29, 0.717) is 0 Å². The molecule has 0 aliphatic carbocycles. The molecule has 0 aromatic carbocycles. The lowest BCUT2D eigenvalue weighted by atomic mass is 10.1. The molecule has 1 heterocycles. The summed E-state index contributed by atoms with van der Waals surface area (Å²) < 4.78 is 0. The quantitative estimate of drug-likeness (QED) is 0.605. The first-order chi connectivity index (χ1) is 7.11. The van der Waals surface area contributed by atoms with Gasteiger partial charge in [0, 0.05) is 0 Å². The number of hydrogen-bond acceptors (Lipinski definition) is 1. The highest BCUT2D eigenvalue weighted by atomic mass is 32.1. The standard InChI is InChI=1S/C12H14S.C2H6/c1-9(2)10(3)7-11(4)12-5-6-13-8-12;1-2/h5-8H,1,4H2,2-3H3;1-2H3/b10-7-;. The number of thiophene rings is 1. The van der Waals surface area contributed by atoms with Crippen LogP contribution in [-0.2, 0) is 0 Å². The van der Waals surface area contributed by atoms with Crippen LogP contribution < -0.4 is 0 Å². The minimum atomic E-state index is 1.06. The van der Waals surface area contributed by atoms with E-state index in [0.717, 1.165) is 11.1 Å². The van der Waals surface area contributed by atoms with Crippen molar-refractivity contribution in [3.8, 4) is 0 Å². The van der Waals surface area contributed by atoms with Gasteiger partial charge in [-0.25, -0.2) is 0 Å². The molecule has 15 heavy (non-hydrogen) atoms. The van der Waals surface area contributed by atoms with Gasteiger partial charge in [0.1, 0.15) is 0 Å². The van der Waals surface area contributed by atoms with Crippen LogP contribution in [0.1, 0.15) is 33.3 Å². The van der Waals surface area contributed by atoms with E-state index in [-0.39, 0.29) is 0 Å². The van der Waals surface area contributed by atoms with Crippen molar-refractivity contribution in [2.24, 2.45) is 0 Å². The SMILES string of the molecule is C=C(C)/C(C)=C\C(=C)c1ccsc1.CC. The Morgan fingerprint density at radius 3 is 2.27 bits per heavy atom. The van der Waals surface area contributed by atoms with Crippen LogP contribution >= 0.6 is 11.3 Å². The number of allylic oxidation sites excluding steroid dienone is 4. The molecular weight excluding hydrogens is 200 g/mol. The fourth-order valence-corrected chi connectivity index (χ4v) is 1.60. The Bertz CT molecular complexity index is 339. The lowest BCUT2D eigenvalue weighted by Crippen LogP contribution is -1.79. The monoisotopic (exact) mass is 220 g/mol. The van der Waals surface area contributed by atoms with Gasteiger partial charge in [-0.15, -0.1) is 0 Å². The summed E-state index contributed by atoms with van der Waals surface area (Å²) in [6, 6.07) is 2.08. The zero-order chi connectivity index (χ0) is 11.8. The maximum Gasteiger partial charge on any atom is -0.00149 e. The predicted molar refractivity (Wildman–Crippen MR) is 73.3 cm³/mol.